The first kappa shape index (κ1) is 39.6. The molecular weight excluding hydrogens is 832 g/mol. The van der Waals surface area contributed by atoms with Gasteiger partial charge in [0.1, 0.15) is 0 Å². The lowest BCUT2D eigenvalue weighted by Crippen LogP contribution is -2.49. The molecule has 4 N–H and O–H groups in total. The number of hydrogen-bond donors (Lipinski definition) is 4. The number of hydrogen-bond acceptors (Lipinski definition) is 8. The average molecular weight is 875 g/mol. The molecule has 0 aliphatic heterocycles. The van der Waals surface area contributed by atoms with Crippen LogP contribution in [0.25, 0.3) is 0 Å². The number of aromatic nitrogens is 1. The van der Waals surface area contributed by atoms with Gasteiger partial charge >= 0.3 is 0 Å². The van der Waals surface area contributed by atoms with Crippen molar-refractivity contribution in [3.8, 4) is 0 Å². The molecule has 52 heavy (non-hydrogen) atoms. The SMILES string of the molecule is C[C@H](NC[C@H](Cc1cscn1)NC(=O)c1cc(C(=O)N[C@H](C)c2ccc(Br)cc2)cc(N(Cc2ccc(Br)cc2)S(C)(=O)=O)c1)C(=O)NCC1CC1. The average Bonchev–Trinajstić information content (AvgIpc) is 3.81. The van der Waals surface area contributed by atoms with Crippen LogP contribution in [0, 0.1) is 5.92 Å². The van der Waals surface area contributed by atoms with Crippen LogP contribution in [0.15, 0.2) is 86.6 Å². The Bertz CT molecular complexity index is 1960. The molecular formula is C37H42Br2N6O5S2. The molecule has 15 heteroatoms. The van der Waals surface area contributed by atoms with E-state index in [9.17, 15) is 22.8 Å². The summed E-state index contributed by atoms with van der Waals surface area (Å²) in [6, 6.07) is 17.8. The number of halogens is 2. The van der Waals surface area contributed by atoms with Gasteiger partial charge in [0.2, 0.25) is 15.9 Å². The van der Waals surface area contributed by atoms with Gasteiger partial charge in [-0.05, 0) is 86.2 Å². The molecule has 3 amide bonds. The maximum atomic E-state index is 14.1. The first-order chi connectivity index (χ1) is 24.7. The van der Waals surface area contributed by atoms with Gasteiger partial charge in [0.25, 0.3) is 11.8 Å². The van der Waals surface area contributed by atoms with Gasteiger partial charge in [-0.25, -0.2) is 13.4 Å². The number of benzene rings is 3. The van der Waals surface area contributed by atoms with Gasteiger partial charge in [-0.2, -0.15) is 0 Å². The Morgan fingerprint density at radius 1 is 0.923 bits per heavy atom. The van der Waals surface area contributed by atoms with E-state index in [0.29, 0.717) is 24.4 Å². The number of nitrogens with zero attached hydrogens (tertiary/aromatic N) is 2. The number of anilines is 1. The normalized spacial score (nSPS) is 14.6. The highest BCUT2D eigenvalue weighted by molar-refractivity contribution is 9.10. The molecule has 1 saturated carbocycles. The summed E-state index contributed by atoms with van der Waals surface area (Å²) >= 11 is 8.28. The van der Waals surface area contributed by atoms with E-state index in [-0.39, 0.29) is 41.9 Å². The number of carbonyl (C=O) groups excluding carboxylic acids is 3. The van der Waals surface area contributed by atoms with Crippen molar-refractivity contribution in [1.29, 1.82) is 0 Å². The van der Waals surface area contributed by atoms with Gasteiger partial charge in [0.05, 0.1) is 41.8 Å². The quantitative estimate of drug-likeness (QED) is 0.102. The predicted molar refractivity (Wildman–Crippen MR) is 212 cm³/mol. The number of sulfonamides is 1. The Morgan fingerprint density at radius 2 is 1.54 bits per heavy atom. The molecule has 4 aromatic rings. The van der Waals surface area contributed by atoms with Gasteiger partial charge in [-0.3, -0.25) is 18.7 Å². The van der Waals surface area contributed by atoms with Crippen LogP contribution in [-0.2, 0) is 27.8 Å². The van der Waals surface area contributed by atoms with Crippen LogP contribution in [0.4, 0.5) is 5.69 Å². The van der Waals surface area contributed by atoms with Crippen LogP contribution in [0.2, 0.25) is 0 Å². The van der Waals surface area contributed by atoms with Crippen molar-refractivity contribution in [3.63, 3.8) is 0 Å². The monoisotopic (exact) mass is 872 g/mol. The number of rotatable bonds is 17. The van der Waals surface area contributed by atoms with Crippen LogP contribution in [0.3, 0.4) is 0 Å². The molecule has 0 unspecified atom stereocenters. The van der Waals surface area contributed by atoms with Gasteiger partial charge < -0.3 is 21.3 Å². The van der Waals surface area contributed by atoms with Crippen molar-refractivity contribution in [3.05, 3.63) is 115 Å². The van der Waals surface area contributed by atoms with Crippen LogP contribution >= 0.6 is 43.2 Å². The minimum atomic E-state index is -3.87. The topological polar surface area (TPSA) is 150 Å². The summed E-state index contributed by atoms with van der Waals surface area (Å²) in [5.41, 5.74) is 4.44. The smallest absolute Gasteiger partial charge is 0.251 e. The van der Waals surface area contributed by atoms with Crippen molar-refractivity contribution in [2.45, 2.75) is 57.8 Å². The van der Waals surface area contributed by atoms with Gasteiger partial charge in [0, 0.05) is 51.0 Å². The van der Waals surface area contributed by atoms with Crippen molar-refractivity contribution in [2.75, 3.05) is 23.7 Å². The fourth-order valence-electron chi connectivity index (χ4n) is 5.45. The van der Waals surface area contributed by atoms with Crippen LogP contribution in [0.1, 0.15) is 70.3 Å². The number of thiazole rings is 1. The first-order valence-electron chi connectivity index (χ1n) is 16.9. The molecule has 1 aromatic heterocycles. The van der Waals surface area contributed by atoms with E-state index < -0.39 is 33.9 Å². The molecule has 3 aromatic carbocycles. The molecule has 11 nitrogen and oxygen atoms in total. The van der Waals surface area contributed by atoms with E-state index in [0.717, 1.165) is 39.3 Å². The van der Waals surface area contributed by atoms with Gasteiger partial charge in [0.15, 0.2) is 0 Å². The highest BCUT2D eigenvalue weighted by atomic mass is 79.9. The lowest BCUT2D eigenvalue weighted by Gasteiger charge is -2.25. The van der Waals surface area contributed by atoms with Gasteiger partial charge in [-0.15, -0.1) is 11.3 Å². The third-order valence-electron chi connectivity index (χ3n) is 8.69. The summed E-state index contributed by atoms with van der Waals surface area (Å²) in [4.78, 5) is 44.9. The van der Waals surface area contributed by atoms with Crippen molar-refractivity contribution >= 4 is 76.6 Å². The largest absolute Gasteiger partial charge is 0.354 e. The lowest BCUT2D eigenvalue weighted by molar-refractivity contribution is -0.122. The fraction of sp³-hybridized carbons (Fsp3) is 0.351. The second-order valence-corrected chi connectivity index (χ2v) is 17.5. The summed E-state index contributed by atoms with van der Waals surface area (Å²) in [5.74, 6) is -0.553. The molecule has 276 valence electrons. The summed E-state index contributed by atoms with van der Waals surface area (Å²) in [5, 5.41) is 14.1. The van der Waals surface area contributed by atoms with E-state index in [1.807, 2.05) is 48.7 Å². The Morgan fingerprint density at radius 3 is 2.12 bits per heavy atom. The summed E-state index contributed by atoms with van der Waals surface area (Å²) in [6.45, 7) is 4.52. The molecule has 3 atom stereocenters. The molecule has 1 aliphatic carbocycles. The maximum Gasteiger partial charge on any atom is 0.251 e. The molecule has 0 spiro atoms. The summed E-state index contributed by atoms with van der Waals surface area (Å²) in [7, 11) is -3.87. The van der Waals surface area contributed by atoms with Crippen molar-refractivity contribution < 1.29 is 22.8 Å². The second kappa shape index (κ2) is 17.9. The Labute approximate surface area is 325 Å². The minimum Gasteiger partial charge on any atom is -0.354 e. The second-order valence-electron chi connectivity index (χ2n) is 13.1. The number of amides is 3. The Hall–Kier alpha value is -3.63. The maximum absolute atomic E-state index is 14.1. The molecule has 5 rings (SSSR count). The summed E-state index contributed by atoms with van der Waals surface area (Å²) < 4.78 is 29.5. The highest BCUT2D eigenvalue weighted by Gasteiger charge is 2.26. The van der Waals surface area contributed by atoms with E-state index in [2.05, 4.69) is 58.1 Å². The van der Waals surface area contributed by atoms with Crippen LogP contribution < -0.4 is 25.6 Å². The zero-order valence-electron chi connectivity index (χ0n) is 29.1. The lowest BCUT2D eigenvalue weighted by atomic mass is 10.0. The minimum absolute atomic E-state index is 0.0232. The Kier molecular flexibility index (Phi) is 13.6. The van der Waals surface area contributed by atoms with Crippen LogP contribution in [0.5, 0.6) is 0 Å². The van der Waals surface area contributed by atoms with E-state index in [1.165, 1.54) is 33.8 Å². The molecule has 0 bridgehead atoms. The van der Waals surface area contributed by atoms with E-state index >= 15 is 0 Å². The van der Waals surface area contributed by atoms with E-state index in [4.69, 9.17) is 0 Å². The number of carbonyl (C=O) groups is 3. The van der Waals surface area contributed by atoms with Crippen molar-refractivity contribution in [2.24, 2.45) is 5.92 Å². The fourth-order valence-corrected chi connectivity index (χ4v) is 7.43. The third kappa shape index (κ3) is 11.7. The molecule has 0 saturated heterocycles. The summed E-state index contributed by atoms with van der Waals surface area (Å²) in [6.07, 6.45) is 3.73. The zero-order chi connectivity index (χ0) is 37.4. The molecule has 1 fully saturated rings. The number of nitrogens with one attached hydrogen (secondary N) is 4. The molecule has 0 radical (unpaired) electrons. The highest BCUT2D eigenvalue weighted by Crippen LogP contribution is 2.28. The molecule has 1 heterocycles. The predicted octanol–water partition coefficient (Wildman–Crippen LogP) is 5.97. The van der Waals surface area contributed by atoms with Crippen LogP contribution in [-0.4, -0.2) is 62.6 Å². The van der Waals surface area contributed by atoms with E-state index in [1.54, 1.807) is 24.6 Å². The van der Waals surface area contributed by atoms with Crippen molar-refractivity contribution in [1.82, 2.24) is 26.3 Å². The standard InChI is InChI=1S/C37H42Br2N6O5S2/c1-23(27-8-12-31(39)13-9-27)43-36(47)28-14-29(16-34(15-28)45(52(3,49)50)20-26-6-10-30(38)11-7-26)37(48)44-32(17-33-21-51-22-42-33)19-40-24(2)35(46)41-18-25-4-5-25/h6-16,21-25,32,40H,4-5,17-20H2,1-3H3,(H,41,46)(H,43,47)(H,44,48)/t23-,24+,32+/m1/s1. The van der Waals surface area contributed by atoms with Gasteiger partial charge in [-0.1, -0.05) is 56.1 Å². The Balaban J connectivity index is 1.43. The molecule has 1 aliphatic rings. The zero-order valence-corrected chi connectivity index (χ0v) is 33.9. The first-order valence-corrected chi connectivity index (χ1v) is 21.3. The third-order valence-corrected chi connectivity index (χ3v) is 11.5.